The fourth-order valence-electron chi connectivity index (χ4n) is 1.83. The Bertz CT molecular complexity index is 638. The number of hydrogen-bond donors (Lipinski definition) is 2. The molecule has 0 aliphatic rings. The molecule has 1 aromatic carbocycles. The average molecular weight is 305 g/mol. The maximum Gasteiger partial charge on any atom is 0.242 e. The van der Waals surface area contributed by atoms with Gasteiger partial charge in [-0.3, -0.25) is 4.79 Å². The lowest BCUT2D eigenvalue weighted by Gasteiger charge is -2.10. The molecule has 0 fully saturated rings. The van der Waals surface area contributed by atoms with Crippen LogP contribution in [0.3, 0.4) is 0 Å². The molecule has 21 heavy (non-hydrogen) atoms. The van der Waals surface area contributed by atoms with Gasteiger partial charge in [-0.05, 0) is 45.0 Å². The monoisotopic (exact) mass is 304 g/mol. The van der Waals surface area contributed by atoms with Gasteiger partial charge in [0, 0.05) is 22.8 Å². The van der Waals surface area contributed by atoms with Gasteiger partial charge in [-0.25, -0.2) is 9.97 Å². The summed E-state index contributed by atoms with van der Waals surface area (Å²) in [6.45, 7) is 5.46. The molecule has 0 aliphatic carbocycles. The number of carbonyl (C=O) groups excluding carboxylic acids is 1. The number of rotatable bonds is 4. The number of halogens is 1. The second-order valence-electron chi connectivity index (χ2n) is 4.79. The fraction of sp³-hybridized carbons (Fsp3) is 0.267. The van der Waals surface area contributed by atoms with Gasteiger partial charge in [-0.2, -0.15) is 0 Å². The third-order valence-corrected chi connectivity index (χ3v) is 2.93. The maximum absolute atomic E-state index is 11.6. The van der Waals surface area contributed by atoms with Gasteiger partial charge in [0.25, 0.3) is 0 Å². The molecular weight excluding hydrogens is 288 g/mol. The third-order valence-electron chi connectivity index (χ3n) is 2.73. The molecule has 0 radical (unpaired) electrons. The number of hydrogen-bond acceptors (Lipinski definition) is 4. The number of aryl methyl sites for hydroxylation is 2. The van der Waals surface area contributed by atoms with Crippen molar-refractivity contribution < 1.29 is 4.79 Å². The van der Waals surface area contributed by atoms with Crippen LogP contribution >= 0.6 is 11.6 Å². The van der Waals surface area contributed by atoms with Crippen LogP contribution < -0.4 is 10.6 Å². The Kier molecular flexibility index (Phi) is 4.75. The molecule has 2 aromatic rings. The topological polar surface area (TPSA) is 66.9 Å². The van der Waals surface area contributed by atoms with Crippen LogP contribution in [0.2, 0.25) is 0 Å². The van der Waals surface area contributed by atoms with Crippen molar-refractivity contribution in [2.24, 2.45) is 0 Å². The maximum atomic E-state index is 11.6. The minimum absolute atomic E-state index is 0.239. The van der Waals surface area contributed by atoms with Crippen LogP contribution in [0.4, 0.5) is 17.3 Å². The van der Waals surface area contributed by atoms with E-state index in [1.165, 1.54) is 0 Å². The first-order valence-corrected chi connectivity index (χ1v) is 7.02. The Morgan fingerprint density at radius 1 is 1.14 bits per heavy atom. The molecule has 1 unspecified atom stereocenters. The third kappa shape index (κ3) is 4.43. The van der Waals surface area contributed by atoms with Crippen LogP contribution in [0.1, 0.15) is 18.3 Å². The van der Waals surface area contributed by atoms with Crippen molar-refractivity contribution in [3.05, 3.63) is 41.7 Å². The molecular formula is C15H17ClN4O. The van der Waals surface area contributed by atoms with Gasteiger partial charge in [0.05, 0.1) is 0 Å². The van der Waals surface area contributed by atoms with Gasteiger partial charge in [-0.1, -0.05) is 6.07 Å². The molecule has 1 heterocycles. The normalized spacial score (nSPS) is 11.8. The molecule has 1 amide bonds. The molecule has 2 N–H and O–H groups in total. The zero-order valence-electron chi connectivity index (χ0n) is 12.1. The number of benzene rings is 1. The van der Waals surface area contributed by atoms with Gasteiger partial charge >= 0.3 is 0 Å². The molecule has 6 heteroatoms. The zero-order valence-corrected chi connectivity index (χ0v) is 12.9. The van der Waals surface area contributed by atoms with E-state index in [0.717, 1.165) is 17.1 Å². The molecule has 0 aliphatic heterocycles. The number of anilines is 3. The van der Waals surface area contributed by atoms with Crippen molar-refractivity contribution in [1.82, 2.24) is 9.97 Å². The summed E-state index contributed by atoms with van der Waals surface area (Å²) in [5.74, 6) is 0.290. The van der Waals surface area contributed by atoms with Crippen molar-refractivity contribution in [2.45, 2.75) is 26.1 Å². The van der Waals surface area contributed by atoms with E-state index in [1.54, 1.807) is 19.1 Å². The second-order valence-corrected chi connectivity index (χ2v) is 5.44. The number of carbonyl (C=O) groups is 1. The van der Waals surface area contributed by atoms with E-state index < -0.39 is 5.38 Å². The molecule has 2 rings (SSSR count). The van der Waals surface area contributed by atoms with Gasteiger partial charge in [0.1, 0.15) is 5.38 Å². The van der Waals surface area contributed by atoms with Crippen LogP contribution in [0, 0.1) is 13.8 Å². The summed E-state index contributed by atoms with van der Waals surface area (Å²) in [5.41, 5.74) is 3.25. The predicted octanol–water partition coefficient (Wildman–Crippen LogP) is 3.40. The van der Waals surface area contributed by atoms with Crippen LogP contribution in [-0.4, -0.2) is 21.3 Å². The lowest BCUT2D eigenvalue weighted by Crippen LogP contribution is -2.20. The Morgan fingerprint density at radius 3 is 2.38 bits per heavy atom. The highest BCUT2D eigenvalue weighted by atomic mass is 35.5. The quantitative estimate of drug-likeness (QED) is 0.850. The molecule has 1 atom stereocenters. The highest BCUT2D eigenvalue weighted by Crippen LogP contribution is 2.19. The smallest absolute Gasteiger partial charge is 0.242 e. The van der Waals surface area contributed by atoms with Crippen LogP contribution in [0.5, 0.6) is 0 Å². The minimum Gasteiger partial charge on any atom is -0.325 e. The van der Waals surface area contributed by atoms with E-state index >= 15 is 0 Å². The summed E-state index contributed by atoms with van der Waals surface area (Å²) >= 11 is 5.73. The van der Waals surface area contributed by atoms with Crippen LogP contribution in [0.15, 0.2) is 30.3 Å². The van der Waals surface area contributed by atoms with Crippen LogP contribution in [-0.2, 0) is 4.79 Å². The summed E-state index contributed by atoms with van der Waals surface area (Å²) in [6, 6.07) is 9.22. The second kappa shape index (κ2) is 6.54. The minimum atomic E-state index is -0.579. The first-order chi connectivity index (χ1) is 9.94. The standard InChI is InChI=1S/C15H17ClN4O/c1-9-7-10(2)18-15(17-9)20-13-6-4-5-12(8-13)19-14(21)11(3)16/h4-8,11H,1-3H3,(H,19,21)(H,17,18,20). The van der Waals surface area contributed by atoms with Crippen molar-refractivity contribution in [1.29, 1.82) is 0 Å². The lowest BCUT2D eigenvalue weighted by molar-refractivity contribution is -0.115. The van der Waals surface area contributed by atoms with Gasteiger partial charge in [0.15, 0.2) is 0 Å². The number of nitrogens with zero attached hydrogens (tertiary/aromatic N) is 2. The summed E-state index contributed by atoms with van der Waals surface area (Å²) in [6.07, 6.45) is 0. The zero-order chi connectivity index (χ0) is 15.4. The van der Waals surface area contributed by atoms with Crippen LogP contribution in [0.25, 0.3) is 0 Å². The Balaban J connectivity index is 2.15. The summed E-state index contributed by atoms with van der Waals surface area (Å²) in [7, 11) is 0. The molecule has 0 saturated heterocycles. The largest absolute Gasteiger partial charge is 0.325 e. The van der Waals surface area contributed by atoms with E-state index in [2.05, 4.69) is 20.6 Å². The Morgan fingerprint density at radius 2 is 1.76 bits per heavy atom. The first-order valence-electron chi connectivity index (χ1n) is 6.58. The number of amides is 1. The van der Waals surface area contributed by atoms with Gasteiger partial charge in [0.2, 0.25) is 11.9 Å². The SMILES string of the molecule is Cc1cc(C)nc(Nc2cccc(NC(=O)C(C)Cl)c2)n1. The van der Waals surface area contributed by atoms with Gasteiger partial charge < -0.3 is 10.6 Å². The van der Waals surface area contributed by atoms with E-state index in [9.17, 15) is 4.79 Å². The summed E-state index contributed by atoms with van der Waals surface area (Å²) in [4.78, 5) is 20.2. The predicted molar refractivity (Wildman–Crippen MR) is 85.2 cm³/mol. The number of aromatic nitrogens is 2. The van der Waals surface area contributed by atoms with E-state index in [4.69, 9.17) is 11.6 Å². The number of nitrogens with one attached hydrogen (secondary N) is 2. The highest BCUT2D eigenvalue weighted by molar-refractivity contribution is 6.32. The van der Waals surface area contributed by atoms with Crippen molar-refractivity contribution in [2.75, 3.05) is 10.6 Å². The summed E-state index contributed by atoms with van der Waals surface area (Å²) in [5, 5.41) is 5.28. The average Bonchev–Trinajstić information content (AvgIpc) is 2.37. The Labute approximate surface area is 128 Å². The highest BCUT2D eigenvalue weighted by Gasteiger charge is 2.09. The van der Waals surface area contributed by atoms with Gasteiger partial charge in [-0.15, -0.1) is 11.6 Å². The lowest BCUT2D eigenvalue weighted by atomic mass is 10.2. The summed E-state index contributed by atoms with van der Waals surface area (Å²) < 4.78 is 0. The molecule has 5 nitrogen and oxygen atoms in total. The van der Waals surface area contributed by atoms with E-state index in [1.807, 2.05) is 32.0 Å². The van der Waals surface area contributed by atoms with Crippen molar-refractivity contribution in [3.63, 3.8) is 0 Å². The van der Waals surface area contributed by atoms with E-state index in [-0.39, 0.29) is 5.91 Å². The van der Waals surface area contributed by atoms with Crippen molar-refractivity contribution in [3.8, 4) is 0 Å². The molecule has 110 valence electrons. The Hall–Kier alpha value is -2.14. The number of alkyl halides is 1. The van der Waals surface area contributed by atoms with Crippen molar-refractivity contribution >= 4 is 34.8 Å². The fourth-order valence-corrected chi connectivity index (χ4v) is 1.88. The molecule has 1 aromatic heterocycles. The molecule has 0 saturated carbocycles. The molecule has 0 bridgehead atoms. The first kappa shape index (κ1) is 15.3. The molecule has 0 spiro atoms. The van der Waals surface area contributed by atoms with E-state index in [0.29, 0.717) is 11.6 Å².